The van der Waals surface area contributed by atoms with Gasteiger partial charge in [-0.2, -0.15) is 0 Å². The Morgan fingerprint density at radius 3 is 2.21 bits per heavy atom. The lowest BCUT2D eigenvalue weighted by atomic mass is 9.97. The molecule has 0 nitrogen and oxygen atoms in total. The topological polar surface area (TPSA) is 0 Å². The molecule has 0 N–H and O–H groups in total. The minimum Gasteiger partial charge on any atom is -0.0654 e. The van der Waals surface area contributed by atoms with Crippen LogP contribution in [-0.2, 0) is 0 Å². The van der Waals surface area contributed by atoms with Crippen molar-refractivity contribution in [3.63, 3.8) is 0 Å². The summed E-state index contributed by atoms with van der Waals surface area (Å²) in [6, 6.07) is 0. The predicted molar refractivity (Wildman–Crippen MR) is 64.4 cm³/mol. The summed E-state index contributed by atoms with van der Waals surface area (Å²) in [5.74, 6) is 3.15. The summed E-state index contributed by atoms with van der Waals surface area (Å²) < 4.78 is 0. The highest BCUT2D eigenvalue weighted by Gasteiger charge is 2.36. The van der Waals surface area contributed by atoms with Crippen LogP contribution in [0, 0.1) is 17.8 Å². The van der Waals surface area contributed by atoms with Crippen LogP contribution in [0.2, 0.25) is 0 Å². The minimum atomic E-state index is 1.01. The summed E-state index contributed by atoms with van der Waals surface area (Å²) in [6.45, 7) is 7.15. The summed E-state index contributed by atoms with van der Waals surface area (Å²) >= 11 is 0. The average Bonchev–Trinajstić information content (AvgIpc) is 2.88. The largest absolute Gasteiger partial charge is 0.0654 e. The van der Waals surface area contributed by atoms with Crippen molar-refractivity contribution in [3.05, 3.63) is 0 Å². The smallest absolute Gasteiger partial charge is 0.0360 e. The van der Waals surface area contributed by atoms with Gasteiger partial charge in [0.1, 0.15) is 0 Å². The lowest BCUT2D eigenvalue weighted by Crippen LogP contribution is -1.98. The fourth-order valence-electron chi connectivity index (χ4n) is 2.60. The predicted octanol–water partition coefficient (Wildman–Crippen LogP) is 5.03. The Morgan fingerprint density at radius 2 is 1.64 bits per heavy atom. The summed E-state index contributed by atoms with van der Waals surface area (Å²) in [5, 5.41) is 0. The van der Waals surface area contributed by atoms with Gasteiger partial charge >= 0.3 is 0 Å². The van der Waals surface area contributed by atoms with Gasteiger partial charge in [-0.25, -0.2) is 0 Å². The molecule has 0 spiro atoms. The quantitative estimate of drug-likeness (QED) is 0.478. The lowest BCUT2D eigenvalue weighted by molar-refractivity contribution is 0.422. The van der Waals surface area contributed by atoms with E-state index in [9.17, 15) is 0 Å². The zero-order valence-electron chi connectivity index (χ0n) is 10.4. The van der Waals surface area contributed by atoms with Crippen molar-refractivity contribution in [2.45, 2.75) is 72.1 Å². The second-order valence-corrected chi connectivity index (χ2v) is 5.41. The molecule has 3 unspecified atom stereocenters. The van der Waals surface area contributed by atoms with Crippen LogP contribution < -0.4 is 0 Å². The summed E-state index contributed by atoms with van der Waals surface area (Å²) in [7, 11) is 0. The van der Waals surface area contributed by atoms with E-state index in [4.69, 9.17) is 0 Å². The van der Waals surface area contributed by atoms with Crippen molar-refractivity contribution >= 4 is 0 Å². The van der Waals surface area contributed by atoms with Gasteiger partial charge in [-0.3, -0.25) is 0 Å². The molecular formula is C14H28. The molecule has 3 atom stereocenters. The summed E-state index contributed by atoms with van der Waals surface area (Å²) in [6.07, 6.45) is 11.7. The zero-order valence-corrected chi connectivity index (χ0v) is 10.4. The van der Waals surface area contributed by atoms with Gasteiger partial charge in [-0.05, 0) is 24.2 Å². The van der Waals surface area contributed by atoms with Crippen LogP contribution in [0.15, 0.2) is 0 Å². The molecule has 0 bridgehead atoms. The molecule has 0 amide bonds. The molecule has 0 heteroatoms. The minimum absolute atomic E-state index is 1.01. The molecule has 0 aliphatic heterocycles. The van der Waals surface area contributed by atoms with Gasteiger partial charge in [-0.15, -0.1) is 0 Å². The molecule has 0 aromatic rings. The van der Waals surface area contributed by atoms with E-state index in [2.05, 4.69) is 20.8 Å². The van der Waals surface area contributed by atoms with Gasteiger partial charge in [0.2, 0.25) is 0 Å². The first kappa shape index (κ1) is 12.1. The first-order chi connectivity index (χ1) is 6.75. The molecule has 0 aromatic carbocycles. The van der Waals surface area contributed by atoms with Crippen molar-refractivity contribution in [2.75, 3.05) is 0 Å². The Labute approximate surface area is 90.5 Å². The molecule has 1 fully saturated rings. The fourth-order valence-corrected chi connectivity index (χ4v) is 2.60. The highest BCUT2D eigenvalue weighted by atomic mass is 14.4. The first-order valence-corrected chi connectivity index (χ1v) is 6.75. The average molecular weight is 196 g/mol. The van der Waals surface area contributed by atoms with E-state index in [-0.39, 0.29) is 0 Å². The molecule has 0 heterocycles. The SMILES string of the molecule is CCCCCCCCC(C)C1CC1C. The van der Waals surface area contributed by atoms with Crippen LogP contribution >= 0.6 is 0 Å². The van der Waals surface area contributed by atoms with E-state index in [1.54, 1.807) is 0 Å². The van der Waals surface area contributed by atoms with Crippen molar-refractivity contribution in [1.82, 2.24) is 0 Å². The summed E-state index contributed by atoms with van der Waals surface area (Å²) in [4.78, 5) is 0. The highest BCUT2D eigenvalue weighted by Crippen LogP contribution is 2.45. The van der Waals surface area contributed by atoms with Gasteiger partial charge in [0.25, 0.3) is 0 Å². The van der Waals surface area contributed by atoms with E-state index in [0.717, 1.165) is 17.8 Å². The van der Waals surface area contributed by atoms with Crippen LogP contribution in [-0.4, -0.2) is 0 Å². The lowest BCUT2D eigenvalue weighted by Gasteiger charge is -2.09. The molecule has 0 aromatic heterocycles. The second-order valence-electron chi connectivity index (χ2n) is 5.41. The molecule has 1 rings (SSSR count). The van der Waals surface area contributed by atoms with Crippen LogP contribution in [0.5, 0.6) is 0 Å². The van der Waals surface area contributed by atoms with Crippen LogP contribution in [0.1, 0.15) is 72.1 Å². The van der Waals surface area contributed by atoms with Crippen molar-refractivity contribution in [1.29, 1.82) is 0 Å². The normalized spacial score (nSPS) is 27.6. The van der Waals surface area contributed by atoms with E-state index >= 15 is 0 Å². The molecule has 1 aliphatic carbocycles. The van der Waals surface area contributed by atoms with Gasteiger partial charge in [0.05, 0.1) is 0 Å². The van der Waals surface area contributed by atoms with E-state index in [0.29, 0.717) is 0 Å². The number of rotatable bonds is 8. The molecule has 0 radical (unpaired) electrons. The maximum Gasteiger partial charge on any atom is -0.0360 e. The highest BCUT2D eigenvalue weighted by molar-refractivity contribution is 4.86. The molecule has 0 saturated heterocycles. The molecule has 14 heavy (non-hydrogen) atoms. The zero-order chi connectivity index (χ0) is 10.4. The third kappa shape index (κ3) is 4.48. The second kappa shape index (κ2) is 6.48. The van der Waals surface area contributed by atoms with Crippen molar-refractivity contribution in [3.8, 4) is 0 Å². The summed E-state index contributed by atoms with van der Waals surface area (Å²) in [5.41, 5.74) is 0. The standard InChI is InChI=1S/C14H28/c1-4-5-6-7-8-9-10-12(2)14-11-13(14)3/h12-14H,4-11H2,1-3H3. The van der Waals surface area contributed by atoms with Crippen LogP contribution in [0.25, 0.3) is 0 Å². The fraction of sp³-hybridized carbons (Fsp3) is 1.00. The monoisotopic (exact) mass is 196 g/mol. The van der Waals surface area contributed by atoms with Crippen molar-refractivity contribution < 1.29 is 0 Å². The van der Waals surface area contributed by atoms with Gasteiger partial charge in [0.15, 0.2) is 0 Å². The maximum atomic E-state index is 2.46. The Bertz CT molecular complexity index is 139. The third-order valence-electron chi connectivity index (χ3n) is 3.92. The molecule has 1 aliphatic rings. The van der Waals surface area contributed by atoms with E-state index in [1.165, 1.54) is 51.4 Å². The Balaban J connectivity index is 1.83. The Hall–Kier alpha value is 0. The Kier molecular flexibility index (Phi) is 5.59. The van der Waals surface area contributed by atoms with Crippen molar-refractivity contribution in [2.24, 2.45) is 17.8 Å². The first-order valence-electron chi connectivity index (χ1n) is 6.75. The Morgan fingerprint density at radius 1 is 1.07 bits per heavy atom. The maximum absolute atomic E-state index is 2.46. The molecule has 84 valence electrons. The van der Waals surface area contributed by atoms with Crippen LogP contribution in [0.4, 0.5) is 0 Å². The molecule has 1 saturated carbocycles. The van der Waals surface area contributed by atoms with Crippen LogP contribution in [0.3, 0.4) is 0 Å². The third-order valence-corrected chi connectivity index (χ3v) is 3.92. The van der Waals surface area contributed by atoms with E-state index in [1.807, 2.05) is 0 Å². The number of hydrogen-bond acceptors (Lipinski definition) is 0. The van der Waals surface area contributed by atoms with Gasteiger partial charge in [-0.1, -0.05) is 65.7 Å². The van der Waals surface area contributed by atoms with Gasteiger partial charge < -0.3 is 0 Å². The molecular weight excluding hydrogens is 168 g/mol. The number of hydrogen-bond donors (Lipinski definition) is 0. The van der Waals surface area contributed by atoms with E-state index < -0.39 is 0 Å². The number of unbranched alkanes of at least 4 members (excludes halogenated alkanes) is 5. The van der Waals surface area contributed by atoms with Gasteiger partial charge in [0, 0.05) is 0 Å².